The number of nitrogens with zero attached hydrogens (tertiary/aromatic N) is 1. The van der Waals surface area contributed by atoms with E-state index in [0.717, 1.165) is 7.11 Å². The molecule has 0 saturated carbocycles. The molecule has 3 nitrogen and oxygen atoms in total. The number of alkyl halides is 2. The summed E-state index contributed by atoms with van der Waals surface area (Å²) in [5.74, 6) is -0.757. The summed E-state index contributed by atoms with van der Waals surface area (Å²) in [5, 5.41) is -0.359. The highest BCUT2D eigenvalue weighted by Gasteiger charge is 2.21. The van der Waals surface area contributed by atoms with Gasteiger partial charge in [-0.1, -0.05) is 11.6 Å². The number of pyridine rings is 1. The summed E-state index contributed by atoms with van der Waals surface area (Å²) in [6.07, 6.45) is -2.82. The van der Waals surface area contributed by atoms with Gasteiger partial charge in [-0.25, -0.2) is 13.6 Å². The molecule has 1 aromatic heterocycles. The van der Waals surface area contributed by atoms with Crippen molar-refractivity contribution in [1.82, 2.24) is 4.98 Å². The molecule has 0 aliphatic heterocycles. The van der Waals surface area contributed by atoms with Crippen molar-refractivity contribution in [2.24, 2.45) is 0 Å². The van der Waals surface area contributed by atoms with Gasteiger partial charge in [0, 0.05) is 5.69 Å². The molecule has 6 heteroatoms. The van der Waals surface area contributed by atoms with Crippen LogP contribution in [0.1, 0.15) is 28.2 Å². The highest BCUT2D eigenvalue weighted by molar-refractivity contribution is 6.34. The minimum atomic E-state index is -2.82. The van der Waals surface area contributed by atoms with Crippen LogP contribution in [-0.2, 0) is 4.74 Å². The average molecular weight is 236 g/mol. The lowest BCUT2D eigenvalue weighted by Crippen LogP contribution is -2.06. The Morgan fingerprint density at radius 2 is 2.20 bits per heavy atom. The monoisotopic (exact) mass is 235 g/mol. The van der Waals surface area contributed by atoms with E-state index < -0.39 is 18.1 Å². The summed E-state index contributed by atoms with van der Waals surface area (Å²) in [5.41, 5.74) is -0.408. The van der Waals surface area contributed by atoms with Gasteiger partial charge in [-0.2, -0.15) is 0 Å². The van der Waals surface area contributed by atoms with Crippen LogP contribution in [0.5, 0.6) is 0 Å². The number of aryl methyl sites for hydroxylation is 1. The largest absolute Gasteiger partial charge is 0.465 e. The SMILES string of the molecule is COC(=O)c1cc(C)nc(C(F)F)c1Cl. The molecule has 82 valence electrons. The van der Waals surface area contributed by atoms with Gasteiger partial charge in [0.1, 0.15) is 5.69 Å². The maximum absolute atomic E-state index is 12.5. The normalized spacial score (nSPS) is 10.5. The smallest absolute Gasteiger partial charge is 0.339 e. The molecular weight excluding hydrogens is 228 g/mol. The van der Waals surface area contributed by atoms with Crippen LogP contribution in [0, 0.1) is 6.92 Å². The minimum Gasteiger partial charge on any atom is -0.465 e. The molecule has 0 aromatic carbocycles. The number of aromatic nitrogens is 1. The van der Waals surface area contributed by atoms with E-state index in [-0.39, 0.29) is 16.3 Å². The molecule has 1 rings (SSSR count). The molecule has 0 aliphatic carbocycles. The third-order valence-electron chi connectivity index (χ3n) is 1.72. The van der Waals surface area contributed by atoms with Crippen molar-refractivity contribution in [1.29, 1.82) is 0 Å². The Labute approximate surface area is 90.0 Å². The van der Waals surface area contributed by atoms with Crippen LogP contribution >= 0.6 is 11.6 Å². The first-order valence-corrected chi connectivity index (χ1v) is 4.38. The van der Waals surface area contributed by atoms with Gasteiger partial charge in [0.2, 0.25) is 0 Å². The molecule has 0 saturated heterocycles. The highest BCUT2D eigenvalue weighted by Crippen LogP contribution is 2.28. The van der Waals surface area contributed by atoms with Crippen LogP contribution in [0.25, 0.3) is 0 Å². The maximum atomic E-state index is 12.5. The lowest BCUT2D eigenvalue weighted by Gasteiger charge is -2.08. The topological polar surface area (TPSA) is 39.2 Å². The van der Waals surface area contributed by atoms with Crippen LogP contribution < -0.4 is 0 Å². The van der Waals surface area contributed by atoms with Crippen LogP contribution in [0.2, 0.25) is 5.02 Å². The second kappa shape index (κ2) is 4.53. The zero-order chi connectivity index (χ0) is 11.6. The van der Waals surface area contributed by atoms with Crippen LogP contribution in [0.3, 0.4) is 0 Å². The Bertz CT molecular complexity index is 396. The summed E-state index contributed by atoms with van der Waals surface area (Å²) < 4.78 is 29.3. The van der Waals surface area contributed by atoms with Crippen LogP contribution in [-0.4, -0.2) is 18.1 Å². The third-order valence-corrected chi connectivity index (χ3v) is 2.12. The fraction of sp³-hybridized carbons (Fsp3) is 0.333. The molecule has 15 heavy (non-hydrogen) atoms. The number of halogens is 3. The van der Waals surface area contributed by atoms with E-state index in [9.17, 15) is 13.6 Å². The Morgan fingerprint density at radius 1 is 1.60 bits per heavy atom. The molecule has 0 fully saturated rings. The highest BCUT2D eigenvalue weighted by atomic mass is 35.5. The fourth-order valence-electron chi connectivity index (χ4n) is 1.08. The molecule has 0 unspecified atom stereocenters. The molecule has 0 atom stereocenters. The fourth-order valence-corrected chi connectivity index (χ4v) is 1.34. The second-order valence-electron chi connectivity index (χ2n) is 2.80. The zero-order valence-corrected chi connectivity index (χ0v) is 8.81. The Kier molecular flexibility index (Phi) is 3.57. The molecule has 0 spiro atoms. The van der Waals surface area contributed by atoms with Gasteiger partial charge in [-0.15, -0.1) is 0 Å². The maximum Gasteiger partial charge on any atom is 0.339 e. The molecule has 0 radical (unpaired) electrons. The number of methoxy groups -OCH3 is 1. The molecule has 0 N–H and O–H groups in total. The summed E-state index contributed by atoms with van der Waals surface area (Å²) in [7, 11) is 1.15. The number of hydrogen-bond acceptors (Lipinski definition) is 3. The number of carbonyl (C=O) groups excluding carboxylic acids is 1. The summed E-state index contributed by atoms with van der Waals surface area (Å²) in [4.78, 5) is 14.7. The van der Waals surface area contributed by atoms with E-state index in [1.165, 1.54) is 13.0 Å². The van der Waals surface area contributed by atoms with Crippen molar-refractivity contribution >= 4 is 17.6 Å². The van der Waals surface area contributed by atoms with Gasteiger partial charge in [0.15, 0.2) is 0 Å². The first-order valence-electron chi connectivity index (χ1n) is 4.01. The predicted octanol–water partition coefficient (Wildman–Crippen LogP) is 2.77. The summed E-state index contributed by atoms with van der Waals surface area (Å²) in [6.45, 7) is 1.49. The molecule has 1 heterocycles. The van der Waals surface area contributed by atoms with Gasteiger partial charge in [0.25, 0.3) is 6.43 Å². The quantitative estimate of drug-likeness (QED) is 0.740. The van der Waals surface area contributed by atoms with Gasteiger partial charge in [-0.3, -0.25) is 4.98 Å². The van der Waals surface area contributed by atoms with Crippen molar-refractivity contribution in [3.63, 3.8) is 0 Å². The first kappa shape index (κ1) is 11.8. The number of esters is 1. The van der Waals surface area contributed by atoms with E-state index in [1.54, 1.807) is 0 Å². The number of ether oxygens (including phenoxy) is 1. The third kappa shape index (κ3) is 2.41. The Morgan fingerprint density at radius 3 is 2.67 bits per heavy atom. The van der Waals surface area contributed by atoms with Crippen LogP contribution in [0.4, 0.5) is 8.78 Å². The van der Waals surface area contributed by atoms with E-state index >= 15 is 0 Å². The Balaban J connectivity index is 3.34. The van der Waals surface area contributed by atoms with Gasteiger partial charge in [-0.05, 0) is 13.0 Å². The molecule has 0 aliphatic rings. The predicted molar refractivity (Wildman–Crippen MR) is 50.3 cm³/mol. The summed E-state index contributed by atoms with van der Waals surface area (Å²) in [6, 6.07) is 1.31. The van der Waals surface area contributed by atoms with Crippen molar-refractivity contribution < 1.29 is 18.3 Å². The number of carbonyl (C=O) groups is 1. The van der Waals surface area contributed by atoms with E-state index in [1.807, 2.05) is 0 Å². The molecule has 0 bridgehead atoms. The minimum absolute atomic E-state index is 0.0954. The van der Waals surface area contributed by atoms with Crippen molar-refractivity contribution in [3.8, 4) is 0 Å². The molecule has 0 amide bonds. The second-order valence-corrected chi connectivity index (χ2v) is 3.18. The van der Waals surface area contributed by atoms with Gasteiger partial charge in [0.05, 0.1) is 17.7 Å². The van der Waals surface area contributed by atoms with Crippen molar-refractivity contribution in [2.45, 2.75) is 13.3 Å². The van der Waals surface area contributed by atoms with Crippen LogP contribution in [0.15, 0.2) is 6.07 Å². The number of hydrogen-bond donors (Lipinski definition) is 0. The van der Waals surface area contributed by atoms with Crippen molar-refractivity contribution in [2.75, 3.05) is 7.11 Å². The van der Waals surface area contributed by atoms with Crippen molar-refractivity contribution in [3.05, 3.63) is 28.0 Å². The lowest BCUT2D eigenvalue weighted by atomic mass is 10.2. The van der Waals surface area contributed by atoms with E-state index in [0.29, 0.717) is 0 Å². The van der Waals surface area contributed by atoms with E-state index in [2.05, 4.69) is 9.72 Å². The van der Waals surface area contributed by atoms with Gasteiger partial charge < -0.3 is 4.74 Å². The van der Waals surface area contributed by atoms with E-state index in [4.69, 9.17) is 11.6 Å². The van der Waals surface area contributed by atoms with Gasteiger partial charge >= 0.3 is 5.97 Å². The first-order chi connectivity index (χ1) is 6.97. The zero-order valence-electron chi connectivity index (χ0n) is 8.05. The lowest BCUT2D eigenvalue weighted by molar-refractivity contribution is 0.0600. The number of rotatable bonds is 2. The summed E-state index contributed by atoms with van der Waals surface area (Å²) >= 11 is 5.61. The molecule has 1 aromatic rings. The Hall–Kier alpha value is -1.23. The molecular formula is C9H8ClF2NO2. The standard InChI is InChI=1S/C9H8ClF2NO2/c1-4-3-5(9(14)15-2)6(10)7(13-4)8(11)12/h3,8H,1-2H3. The average Bonchev–Trinajstić information content (AvgIpc) is 2.19.